The number of ketones is 3. The second kappa shape index (κ2) is 11.8. The Labute approximate surface area is 289 Å². The molecule has 0 radical (unpaired) electrons. The molecule has 7 rings (SSSR count). The van der Waals surface area contributed by atoms with E-state index in [1.165, 1.54) is 25.5 Å². The van der Waals surface area contributed by atoms with Gasteiger partial charge in [0.25, 0.3) is 0 Å². The van der Waals surface area contributed by atoms with Crippen LogP contribution in [0, 0.1) is 11.8 Å². The molecule has 1 saturated heterocycles. The van der Waals surface area contributed by atoms with Crippen LogP contribution < -0.4 is 9.47 Å². The van der Waals surface area contributed by atoms with E-state index in [1.807, 2.05) is 46.8 Å². The predicted molar refractivity (Wildman–Crippen MR) is 187 cm³/mol. The summed E-state index contributed by atoms with van der Waals surface area (Å²) in [5, 5.41) is 9.71. The van der Waals surface area contributed by atoms with Crippen LogP contribution in [0.3, 0.4) is 0 Å². The number of benzene rings is 1. The summed E-state index contributed by atoms with van der Waals surface area (Å²) < 4.78 is 21.0. The highest BCUT2D eigenvalue weighted by Gasteiger charge is 2.81. The summed E-state index contributed by atoms with van der Waals surface area (Å²) in [6.45, 7) is 17.0. The van der Waals surface area contributed by atoms with E-state index in [4.69, 9.17) is 14.2 Å². The van der Waals surface area contributed by atoms with E-state index in [0.717, 1.165) is 12.0 Å². The Bertz CT molecular complexity index is 1840. The summed E-state index contributed by atoms with van der Waals surface area (Å²) in [7, 11) is 0. The second-order valence-corrected chi connectivity index (χ2v) is 15.8. The minimum Gasteiger partial charge on any atom is -0.482 e. The molecule has 5 unspecified atom stereocenters. The summed E-state index contributed by atoms with van der Waals surface area (Å²) in [4.78, 5) is 54.3. The van der Waals surface area contributed by atoms with E-state index in [1.54, 1.807) is 6.08 Å². The molecule has 5 atom stereocenters. The summed E-state index contributed by atoms with van der Waals surface area (Å²) in [5.41, 5.74) is 0.337. The Balaban J connectivity index is 1.64. The highest BCUT2D eigenvalue weighted by atomic mass is 16.6. The first-order chi connectivity index (χ1) is 22.9. The third-order valence-electron chi connectivity index (χ3n) is 11.0. The van der Waals surface area contributed by atoms with Crippen LogP contribution in [0.25, 0.3) is 6.08 Å². The summed E-state index contributed by atoms with van der Waals surface area (Å²) >= 11 is 0. The molecule has 1 N–H and O–H groups in total. The zero-order chi connectivity index (χ0) is 35.8. The van der Waals surface area contributed by atoms with Crippen molar-refractivity contribution in [2.75, 3.05) is 0 Å². The number of carboxylic acid groups (broad SMARTS) is 1. The van der Waals surface area contributed by atoms with Crippen molar-refractivity contribution >= 4 is 29.4 Å². The van der Waals surface area contributed by atoms with Crippen molar-refractivity contribution in [1.29, 1.82) is 0 Å². The zero-order valence-electron chi connectivity index (χ0n) is 30.2. The van der Waals surface area contributed by atoms with E-state index in [0.29, 0.717) is 58.6 Å². The molecular weight excluding hydrogens is 620 g/mol. The van der Waals surface area contributed by atoms with Crippen LogP contribution in [0.15, 0.2) is 52.7 Å². The van der Waals surface area contributed by atoms with Crippen LogP contribution in [0.2, 0.25) is 0 Å². The quantitative estimate of drug-likeness (QED) is 0.200. The zero-order valence-corrected chi connectivity index (χ0v) is 30.2. The predicted octanol–water partition coefficient (Wildman–Crippen LogP) is 7.67. The molecule has 2 fully saturated rings. The van der Waals surface area contributed by atoms with Crippen LogP contribution in [0.5, 0.6) is 11.5 Å². The maximum Gasteiger partial charge on any atom is 0.330 e. The lowest BCUT2D eigenvalue weighted by Crippen LogP contribution is -2.72. The van der Waals surface area contributed by atoms with Crippen LogP contribution >= 0.6 is 0 Å². The molecule has 6 aliphatic rings. The standard InChI is InChI=1S/C41H48O8/c1-22(2)11-10-16-39(9)17-15-27-29(19-25(6)42)32-33(43)30-20-26-21-31-38(7,8)49-40(36(26)44,18-14-24(5)37(45)46)41(30,31)48-35(32)28(34(27)47-39)13-12-23(3)4/h11-12,14-15,17,20,26,31H,10,13,16,18-19,21H2,1-9H3,(H,45,46)/b24-14-. The summed E-state index contributed by atoms with van der Waals surface area (Å²) in [6.07, 6.45) is 13.8. The average Bonchev–Trinajstić information content (AvgIpc) is 3.15. The van der Waals surface area contributed by atoms with E-state index in [2.05, 4.69) is 26.0 Å². The molecule has 1 spiro atoms. The molecule has 8 nitrogen and oxygen atoms in total. The minimum atomic E-state index is -1.62. The lowest BCUT2D eigenvalue weighted by Gasteiger charge is -2.56. The highest BCUT2D eigenvalue weighted by molar-refractivity contribution is 6.18. The molecule has 3 heterocycles. The summed E-state index contributed by atoms with van der Waals surface area (Å²) in [5.74, 6) is -1.76. The third kappa shape index (κ3) is 5.29. The van der Waals surface area contributed by atoms with Gasteiger partial charge in [0, 0.05) is 47.0 Å². The Kier molecular flexibility index (Phi) is 8.37. The van der Waals surface area contributed by atoms with Gasteiger partial charge in [0.15, 0.2) is 22.8 Å². The second-order valence-electron chi connectivity index (χ2n) is 15.8. The normalized spacial score (nSPS) is 30.0. The fourth-order valence-electron chi connectivity index (χ4n) is 8.71. The molecule has 3 aliphatic carbocycles. The minimum absolute atomic E-state index is 0.00458. The molecule has 1 saturated carbocycles. The molecule has 0 amide bonds. The van der Waals surface area contributed by atoms with Crippen molar-refractivity contribution in [3.8, 4) is 11.5 Å². The van der Waals surface area contributed by atoms with Crippen LogP contribution in [-0.2, 0) is 32.0 Å². The molecule has 8 heteroatoms. The molecule has 4 bridgehead atoms. The number of aliphatic carboxylic acids is 1. The third-order valence-corrected chi connectivity index (χ3v) is 11.0. The molecular formula is C41H48O8. The van der Waals surface area contributed by atoms with Gasteiger partial charge in [-0.15, -0.1) is 0 Å². The van der Waals surface area contributed by atoms with Crippen molar-refractivity contribution in [2.45, 2.75) is 123 Å². The van der Waals surface area contributed by atoms with Crippen molar-refractivity contribution < 1.29 is 38.5 Å². The van der Waals surface area contributed by atoms with E-state index in [9.17, 15) is 19.5 Å². The van der Waals surface area contributed by atoms with E-state index >= 15 is 4.79 Å². The Morgan fingerprint density at radius 1 is 0.939 bits per heavy atom. The van der Waals surface area contributed by atoms with Crippen molar-refractivity contribution in [2.24, 2.45) is 11.8 Å². The molecule has 0 aromatic heterocycles. The number of hydrogen-bond acceptors (Lipinski definition) is 7. The topological polar surface area (TPSA) is 116 Å². The fraction of sp³-hybridized carbons (Fsp3) is 0.512. The Morgan fingerprint density at radius 3 is 2.27 bits per heavy atom. The number of ether oxygens (including phenoxy) is 3. The van der Waals surface area contributed by atoms with Gasteiger partial charge >= 0.3 is 5.97 Å². The van der Waals surface area contributed by atoms with Crippen molar-refractivity contribution in [3.05, 3.63) is 74.9 Å². The molecule has 3 aliphatic heterocycles. The van der Waals surface area contributed by atoms with Crippen LogP contribution in [0.4, 0.5) is 0 Å². The van der Waals surface area contributed by atoms with Crippen LogP contribution in [-0.4, -0.2) is 50.8 Å². The summed E-state index contributed by atoms with van der Waals surface area (Å²) in [6, 6.07) is 0. The number of allylic oxidation sites excluding steroid dienone is 5. The number of carboxylic acids is 1. The Morgan fingerprint density at radius 2 is 1.63 bits per heavy atom. The van der Waals surface area contributed by atoms with Crippen molar-refractivity contribution in [1.82, 2.24) is 0 Å². The van der Waals surface area contributed by atoms with Gasteiger partial charge in [-0.2, -0.15) is 0 Å². The Hall–Kier alpha value is -4.04. The lowest BCUT2D eigenvalue weighted by molar-refractivity contribution is -0.171. The lowest BCUT2D eigenvalue weighted by atomic mass is 9.51. The maximum atomic E-state index is 15.1. The van der Waals surface area contributed by atoms with Gasteiger partial charge in [-0.05, 0) is 99.6 Å². The molecule has 49 heavy (non-hydrogen) atoms. The van der Waals surface area contributed by atoms with Gasteiger partial charge in [0.1, 0.15) is 22.9 Å². The molecule has 260 valence electrons. The maximum absolute atomic E-state index is 15.1. The monoisotopic (exact) mass is 668 g/mol. The first kappa shape index (κ1) is 34.8. The number of Topliss-reactive ketones (excluding diaryl/α,β-unsaturated/α-hetero) is 3. The first-order valence-corrected chi connectivity index (χ1v) is 17.3. The van der Waals surface area contributed by atoms with E-state index in [-0.39, 0.29) is 41.7 Å². The number of rotatable bonds is 10. The highest BCUT2D eigenvalue weighted by Crippen LogP contribution is 2.68. The fourth-order valence-corrected chi connectivity index (χ4v) is 8.71. The van der Waals surface area contributed by atoms with Gasteiger partial charge in [0.2, 0.25) is 0 Å². The number of carbonyl (C=O) groups excluding carboxylic acids is 3. The van der Waals surface area contributed by atoms with Gasteiger partial charge < -0.3 is 19.3 Å². The van der Waals surface area contributed by atoms with Gasteiger partial charge in [0.05, 0.1) is 11.2 Å². The molecule has 1 aromatic carbocycles. The first-order valence-electron chi connectivity index (χ1n) is 17.3. The number of carbonyl (C=O) groups is 4. The SMILES string of the molecule is CC(=O)Cc1c2c(c(CC=C(C)C)c3c1C(=O)C1=CC4CC5C(C)(C)OC(C/C=C(/C)C(=O)O)(C4=O)C15O3)OC(C)(CCC=C(C)C)C=C2. The van der Waals surface area contributed by atoms with Crippen molar-refractivity contribution in [3.63, 3.8) is 0 Å². The van der Waals surface area contributed by atoms with Gasteiger partial charge in [-0.1, -0.05) is 41.5 Å². The van der Waals surface area contributed by atoms with Crippen LogP contribution in [0.1, 0.15) is 115 Å². The number of fused-ring (bicyclic) bond motifs is 2. The smallest absolute Gasteiger partial charge is 0.330 e. The average molecular weight is 669 g/mol. The number of hydrogen-bond donors (Lipinski definition) is 1. The van der Waals surface area contributed by atoms with Gasteiger partial charge in [-0.3, -0.25) is 14.4 Å². The van der Waals surface area contributed by atoms with E-state index < -0.39 is 34.3 Å². The van der Waals surface area contributed by atoms with Gasteiger partial charge in [-0.25, -0.2) is 4.79 Å². The largest absolute Gasteiger partial charge is 0.482 e. The molecule has 1 aromatic rings.